The van der Waals surface area contributed by atoms with Crippen LogP contribution in [0.3, 0.4) is 0 Å². The summed E-state index contributed by atoms with van der Waals surface area (Å²) in [4.78, 5) is 4.29. The average Bonchev–Trinajstić information content (AvgIpc) is 3.12. The first kappa shape index (κ1) is 13.9. The summed E-state index contributed by atoms with van der Waals surface area (Å²) >= 11 is 0. The van der Waals surface area contributed by atoms with Gasteiger partial charge in [-0.2, -0.15) is 9.83 Å². The Morgan fingerprint density at radius 1 is 1.29 bits per heavy atom. The highest BCUT2D eigenvalue weighted by Gasteiger charge is 2.24. The van der Waals surface area contributed by atoms with Crippen molar-refractivity contribution >= 4 is 22.1 Å². The summed E-state index contributed by atoms with van der Waals surface area (Å²) in [6.45, 7) is 7.16. The highest BCUT2D eigenvalue weighted by molar-refractivity contribution is 6.10. The molecule has 0 aliphatic heterocycles. The van der Waals surface area contributed by atoms with Crippen LogP contribution in [0.2, 0.25) is 0 Å². The molecular weight excluding hydrogens is 346 g/mol. The van der Waals surface area contributed by atoms with E-state index in [0.29, 0.717) is 44.6 Å². The lowest BCUT2D eigenvalue weighted by Gasteiger charge is -2.11. The molecule has 4 rings (SSSR count). The number of nitriles is 1. The molecule has 0 N–H and O–H groups in total. The van der Waals surface area contributed by atoms with Gasteiger partial charge in [-0.3, -0.25) is 0 Å². The van der Waals surface area contributed by atoms with Gasteiger partial charge in [-0.15, -0.1) is 0 Å². The number of pyridine rings is 2. The Balaban J connectivity index is 2.20. The molecule has 0 aliphatic rings. The first-order valence-electron chi connectivity index (χ1n) is 11.2. The molecule has 0 radical (unpaired) electrons. The normalized spacial score (nSPS) is 14.0. The Bertz CT molecular complexity index is 1450. The van der Waals surface area contributed by atoms with Gasteiger partial charge in [0.1, 0.15) is 13.1 Å². The second-order valence-corrected chi connectivity index (χ2v) is 7.30. The van der Waals surface area contributed by atoms with Crippen molar-refractivity contribution in [1.29, 1.82) is 5.26 Å². The van der Waals surface area contributed by atoms with Crippen molar-refractivity contribution in [2.24, 2.45) is 13.0 Å². The third-order valence-corrected chi connectivity index (χ3v) is 4.93. The molecule has 0 spiro atoms. The van der Waals surface area contributed by atoms with Crippen molar-refractivity contribution < 1.29 is 14.5 Å². The average molecular weight is 375 g/mol. The zero-order valence-corrected chi connectivity index (χ0v) is 16.6. The zero-order chi connectivity index (χ0) is 23.5. The van der Waals surface area contributed by atoms with Gasteiger partial charge < -0.3 is 4.42 Å². The number of hydrogen-bond acceptors (Lipinski definition) is 3. The number of nitrogens with zero attached hydrogens (tertiary/aromatic N) is 3. The lowest BCUT2D eigenvalue weighted by molar-refractivity contribution is -0.666. The first-order chi connectivity index (χ1) is 15.0. The van der Waals surface area contributed by atoms with E-state index in [1.807, 2.05) is 19.1 Å². The van der Waals surface area contributed by atoms with Crippen LogP contribution in [0.4, 0.5) is 0 Å². The largest absolute Gasteiger partial charge is 0.437 e. The van der Waals surface area contributed by atoms with Gasteiger partial charge in [-0.05, 0) is 36.4 Å². The molecule has 0 saturated heterocycles. The second-order valence-electron chi connectivity index (χ2n) is 7.30. The predicted molar refractivity (Wildman–Crippen MR) is 111 cm³/mol. The Morgan fingerprint density at radius 3 is 2.79 bits per heavy atom. The van der Waals surface area contributed by atoms with Gasteiger partial charge in [0.25, 0.3) is 0 Å². The summed E-state index contributed by atoms with van der Waals surface area (Å²) < 4.78 is 42.7. The monoisotopic (exact) mass is 374 g/mol. The summed E-state index contributed by atoms with van der Waals surface area (Å²) in [5, 5.41) is 10.9. The fraction of sp³-hybridized carbons (Fsp3) is 0.292. The number of furan rings is 1. The van der Waals surface area contributed by atoms with Crippen LogP contribution in [0, 0.1) is 31.1 Å². The number of aryl methyl sites for hydroxylation is 1. The highest BCUT2D eigenvalue weighted by Crippen LogP contribution is 2.37. The third kappa shape index (κ3) is 2.84. The van der Waals surface area contributed by atoms with E-state index in [1.165, 1.54) is 6.20 Å². The quantitative estimate of drug-likeness (QED) is 0.465. The van der Waals surface area contributed by atoms with E-state index >= 15 is 0 Å². The number of aromatic nitrogens is 2. The summed E-state index contributed by atoms with van der Waals surface area (Å²) in [5.41, 5.74) is 3.86. The maximum atomic E-state index is 9.57. The summed E-state index contributed by atoms with van der Waals surface area (Å²) in [6.07, 6.45) is -0.326. The van der Waals surface area contributed by atoms with Crippen LogP contribution in [-0.4, -0.2) is 4.98 Å². The summed E-state index contributed by atoms with van der Waals surface area (Å²) in [5.74, 6) is -0.416. The van der Waals surface area contributed by atoms with Crippen molar-refractivity contribution in [3.05, 3.63) is 58.9 Å². The van der Waals surface area contributed by atoms with E-state index in [9.17, 15) is 5.26 Å². The molecule has 0 aliphatic carbocycles. The minimum Gasteiger partial charge on any atom is -0.437 e. The Morgan fingerprint density at radius 2 is 2.07 bits per heavy atom. The van der Waals surface area contributed by atoms with E-state index < -0.39 is 12.3 Å². The van der Waals surface area contributed by atoms with E-state index in [2.05, 4.69) is 11.1 Å². The van der Waals surface area contributed by atoms with Crippen LogP contribution in [0.5, 0.6) is 0 Å². The predicted octanol–water partition coefficient (Wildman–Crippen LogP) is 5.16. The molecule has 4 aromatic rings. The molecule has 4 nitrogen and oxygen atoms in total. The molecule has 0 atom stereocenters. The van der Waals surface area contributed by atoms with Crippen molar-refractivity contribution in [3.63, 3.8) is 0 Å². The maximum absolute atomic E-state index is 9.57. The molecule has 0 unspecified atom stereocenters. The fourth-order valence-corrected chi connectivity index (χ4v) is 3.51. The van der Waals surface area contributed by atoms with Gasteiger partial charge in [0.05, 0.1) is 19.3 Å². The molecule has 4 heteroatoms. The van der Waals surface area contributed by atoms with Gasteiger partial charge in [0.15, 0.2) is 11.3 Å². The van der Waals surface area contributed by atoms with Crippen LogP contribution in [-0.2, 0) is 13.4 Å². The van der Waals surface area contributed by atoms with Crippen molar-refractivity contribution in [2.45, 2.75) is 34.1 Å². The molecule has 0 saturated carbocycles. The minimum atomic E-state index is -1.85. The van der Waals surface area contributed by atoms with E-state index in [1.54, 1.807) is 38.5 Å². The standard InChI is InChI=1S/C24H24N3O/c1-14(2)10-17-11-16(4)27(5)20(12-17)21-15(3)6-7-19-22-18(13-25)8-9-26-24(22)28-23(19)21/h6-9,11-12,14H,10H2,1-5H3/q+1/i10D2,11D,12D. The van der Waals surface area contributed by atoms with E-state index in [4.69, 9.17) is 9.90 Å². The second kappa shape index (κ2) is 6.76. The van der Waals surface area contributed by atoms with Gasteiger partial charge in [0.2, 0.25) is 11.4 Å². The van der Waals surface area contributed by atoms with Crippen LogP contribution in [0.15, 0.2) is 40.9 Å². The van der Waals surface area contributed by atoms with Gasteiger partial charge >= 0.3 is 0 Å². The van der Waals surface area contributed by atoms with Crippen molar-refractivity contribution in [1.82, 2.24) is 4.98 Å². The van der Waals surface area contributed by atoms with Gasteiger partial charge in [-0.25, -0.2) is 4.98 Å². The van der Waals surface area contributed by atoms with Crippen LogP contribution < -0.4 is 4.57 Å². The molecule has 3 heterocycles. The number of rotatable bonds is 3. The molecule has 1 aromatic carbocycles. The molecule has 3 aromatic heterocycles. The highest BCUT2D eigenvalue weighted by atomic mass is 16.3. The van der Waals surface area contributed by atoms with E-state index in [-0.39, 0.29) is 17.6 Å². The SMILES string of the molecule is [2H]c1c(C([2H])([2H])C(C)C)c([2H])c(-c2c(C)ccc3c2oc2nccc(C#N)c23)[n+](C)c1C. The number of hydrogen-bond donors (Lipinski definition) is 0. The third-order valence-electron chi connectivity index (χ3n) is 4.93. The van der Waals surface area contributed by atoms with Crippen LogP contribution >= 0.6 is 0 Å². The Kier molecular flexibility index (Phi) is 3.36. The van der Waals surface area contributed by atoms with Crippen molar-refractivity contribution in [3.8, 4) is 17.3 Å². The fourth-order valence-electron chi connectivity index (χ4n) is 3.51. The molecule has 140 valence electrons. The van der Waals surface area contributed by atoms with Crippen LogP contribution in [0.1, 0.15) is 41.7 Å². The number of fused-ring (bicyclic) bond motifs is 3. The lowest BCUT2D eigenvalue weighted by Crippen LogP contribution is -2.35. The molecule has 0 fully saturated rings. The van der Waals surface area contributed by atoms with Gasteiger partial charge in [-0.1, -0.05) is 26.0 Å². The minimum absolute atomic E-state index is 0.0304. The molecule has 28 heavy (non-hydrogen) atoms. The maximum Gasteiger partial charge on any atom is 0.228 e. The summed E-state index contributed by atoms with van der Waals surface area (Å²) in [6, 6.07) is 7.61. The number of benzene rings is 1. The van der Waals surface area contributed by atoms with E-state index in [0.717, 1.165) is 5.56 Å². The first-order valence-corrected chi connectivity index (χ1v) is 9.23. The molecule has 0 amide bonds. The topological polar surface area (TPSA) is 53.7 Å². The smallest absolute Gasteiger partial charge is 0.228 e. The van der Waals surface area contributed by atoms with Gasteiger partial charge in [0, 0.05) is 33.3 Å². The molecular formula is C24H24N3O+. The zero-order valence-electron chi connectivity index (χ0n) is 20.6. The lowest BCUT2D eigenvalue weighted by atomic mass is 9.96. The Labute approximate surface area is 170 Å². The summed E-state index contributed by atoms with van der Waals surface area (Å²) in [7, 11) is 1.77. The van der Waals surface area contributed by atoms with Crippen LogP contribution in [0.25, 0.3) is 33.3 Å². The van der Waals surface area contributed by atoms with Crippen molar-refractivity contribution in [2.75, 3.05) is 0 Å². The molecule has 0 bridgehead atoms. The Hall–Kier alpha value is -3.19.